The molecule has 0 radical (unpaired) electrons. The van der Waals surface area contributed by atoms with E-state index >= 15 is 0 Å². The molecule has 1 aromatic rings. The van der Waals surface area contributed by atoms with Gasteiger partial charge in [-0.15, -0.1) is 11.3 Å². The molecule has 0 bridgehead atoms. The van der Waals surface area contributed by atoms with Gasteiger partial charge in [-0.1, -0.05) is 0 Å². The molecule has 5 heteroatoms. The summed E-state index contributed by atoms with van der Waals surface area (Å²) < 4.78 is 0. The molecule has 0 unspecified atom stereocenters. The number of carbonyl (C=O) groups is 1. The van der Waals surface area contributed by atoms with Crippen molar-refractivity contribution in [2.24, 2.45) is 0 Å². The maximum Gasteiger partial charge on any atom is 0.347 e. The zero-order valence-corrected chi connectivity index (χ0v) is 8.47. The third kappa shape index (κ3) is 3.12. The third-order valence-electron chi connectivity index (χ3n) is 1.54. The fourth-order valence-corrected chi connectivity index (χ4v) is 1.59. The molecule has 4 nitrogen and oxygen atoms in total. The number of rotatable bonds is 4. The minimum Gasteiger partial charge on any atom is -0.477 e. The van der Waals surface area contributed by atoms with Crippen LogP contribution in [0.25, 0.3) is 0 Å². The highest BCUT2D eigenvalue weighted by molar-refractivity contribution is 7.13. The van der Waals surface area contributed by atoms with Gasteiger partial charge in [0.1, 0.15) is 4.88 Å². The molecule has 0 amide bonds. The largest absolute Gasteiger partial charge is 0.477 e. The molecule has 1 rings (SSSR count). The van der Waals surface area contributed by atoms with Crippen LogP contribution in [0.15, 0.2) is 6.20 Å². The van der Waals surface area contributed by atoms with E-state index < -0.39 is 5.97 Å². The Bertz CT molecular complexity index is 296. The highest BCUT2D eigenvalue weighted by atomic mass is 32.1. The molecule has 0 aliphatic heterocycles. The van der Waals surface area contributed by atoms with Crippen LogP contribution in [-0.4, -0.2) is 41.6 Å². The third-order valence-corrected chi connectivity index (χ3v) is 2.58. The summed E-state index contributed by atoms with van der Waals surface area (Å²) in [7, 11) is 3.96. The maximum atomic E-state index is 10.5. The molecule has 0 saturated heterocycles. The van der Waals surface area contributed by atoms with Gasteiger partial charge in [0.05, 0.1) is 11.2 Å². The second kappa shape index (κ2) is 4.34. The predicted molar refractivity (Wildman–Crippen MR) is 51.3 cm³/mol. The van der Waals surface area contributed by atoms with E-state index in [1.54, 1.807) is 0 Å². The molecule has 13 heavy (non-hydrogen) atoms. The van der Waals surface area contributed by atoms with Crippen molar-refractivity contribution in [3.63, 3.8) is 0 Å². The second-order valence-electron chi connectivity index (χ2n) is 2.98. The minimum absolute atomic E-state index is 0.314. The van der Waals surface area contributed by atoms with Crippen LogP contribution in [0.1, 0.15) is 14.7 Å². The normalized spacial score (nSPS) is 10.7. The van der Waals surface area contributed by atoms with E-state index in [2.05, 4.69) is 4.98 Å². The molecular formula is C8H12N2O2S. The second-order valence-corrected chi connectivity index (χ2v) is 4.09. The van der Waals surface area contributed by atoms with Gasteiger partial charge in [-0.3, -0.25) is 0 Å². The van der Waals surface area contributed by atoms with Crippen molar-refractivity contribution in [2.75, 3.05) is 20.6 Å². The molecule has 0 aliphatic rings. The first-order valence-corrected chi connectivity index (χ1v) is 4.74. The van der Waals surface area contributed by atoms with E-state index in [4.69, 9.17) is 5.11 Å². The molecular weight excluding hydrogens is 188 g/mol. The minimum atomic E-state index is -0.895. The number of nitrogens with zero attached hydrogens (tertiary/aromatic N) is 2. The summed E-state index contributed by atoms with van der Waals surface area (Å²) in [5.41, 5.74) is 0. The van der Waals surface area contributed by atoms with Crippen LogP contribution in [-0.2, 0) is 6.42 Å². The van der Waals surface area contributed by atoms with Crippen LogP contribution in [0.2, 0.25) is 0 Å². The van der Waals surface area contributed by atoms with E-state index in [9.17, 15) is 4.79 Å². The van der Waals surface area contributed by atoms with Crippen LogP contribution >= 0.6 is 11.3 Å². The monoisotopic (exact) mass is 200 g/mol. The summed E-state index contributed by atoms with van der Waals surface area (Å²) in [5, 5.41) is 9.52. The van der Waals surface area contributed by atoms with Gasteiger partial charge in [0, 0.05) is 13.0 Å². The van der Waals surface area contributed by atoms with Crippen LogP contribution in [0, 0.1) is 0 Å². The topological polar surface area (TPSA) is 53.4 Å². The molecule has 72 valence electrons. The Morgan fingerprint density at radius 2 is 2.38 bits per heavy atom. The Hall–Kier alpha value is -0.940. The van der Waals surface area contributed by atoms with Gasteiger partial charge >= 0.3 is 5.97 Å². The Kier molecular flexibility index (Phi) is 3.39. The molecule has 1 N–H and O–H groups in total. The summed E-state index contributed by atoms with van der Waals surface area (Å²) in [6.07, 6.45) is 2.23. The molecule has 1 aromatic heterocycles. The molecule has 0 atom stereocenters. The number of aromatic carboxylic acids is 1. The zero-order chi connectivity index (χ0) is 9.84. The fourth-order valence-electron chi connectivity index (χ4n) is 0.844. The highest BCUT2D eigenvalue weighted by Gasteiger charge is 2.07. The Morgan fingerprint density at radius 3 is 2.85 bits per heavy atom. The lowest BCUT2D eigenvalue weighted by atomic mass is 10.4. The number of likely N-dealkylation sites (N-methyl/N-ethyl adjacent to an activating group) is 1. The number of hydrogen-bond donors (Lipinski definition) is 1. The zero-order valence-electron chi connectivity index (χ0n) is 7.65. The smallest absolute Gasteiger partial charge is 0.347 e. The summed E-state index contributed by atoms with van der Waals surface area (Å²) in [6, 6.07) is 0. The molecule has 1 heterocycles. The van der Waals surface area contributed by atoms with Gasteiger partial charge in [0.15, 0.2) is 0 Å². The average molecular weight is 200 g/mol. The van der Waals surface area contributed by atoms with Crippen LogP contribution in [0.4, 0.5) is 0 Å². The standard InChI is InChI=1S/C8H12N2O2S/c1-10(2)4-3-7-9-5-6(13-7)8(11)12/h5H,3-4H2,1-2H3,(H,11,12). The van der Waals surface area contributed by atoms with Crippen molar-refractivity contribution >= 4 is 17.3 Å². The Morgan fingerprint density at radius 1 is 1.69 bits per heavy atom. The van der Waals surface area contributed by atoms with Crippen LogP contribution < -0.4 is 0 Å². The fraction of sp³-hybridized carbons (Fsp3) is 0.500. The van der Waals surface area contributed by atoms with Gasteiger partial charge in [0.25, 0.3) is 0 Å². The van der Waals surface area contributed by atoms with Crippen molar-refractivity contribution in [3.05, 3.63) is 16.1 Å². The van der Waals surface area contributed by atoms with E-state index in [-0.39, 0.29) is 0 Å². The first-order valence-electron chi connectivity index (χ1n) is 3.92. The van der Waals surface area contributed by atoms with E-state index in [0.29, 0.717) is 4.88 Å². The first-order chi connectivity index (χ1) is 6.09. The molecule has 0 aliphatic carbocycles. The predicted octanol–water partition coefficient (Wildman–Crippen LogP) is 0.945. The van der Waals surface area contributed by atoms with Gasteiger partial charge in [-0.2, -0.15) is 0 Å². The molecule has 0 spiro atoms. The Balaban J connectivity index is 2.54. The Labute approximate surface area is 80.8 Å². The van der Waals surface area contributed by atoms with Crippen molar-refractivity contribution in [1.29, 1.82) is 0 Å². The lowest BCUT2D eigenvalue weighted by Gasteiger charge is -2.06. The number of carboxylic acids is 1. The summed E-state index contributed by atoms with van der Waals surface area (Å²) in [4.78, 5) is 16.9. The number of hydrogen-bond acceptors (Lipinski definition) is 4. The lowest BCUT2D eigenvalue weighted by Crippen LogP contribution is -2.14. The number of carboxylic acid groups (broad SMARTS) is 1. The van der Waals surface area contributed by atoms with Gasteiger partial charge in [-0.25, -0.2) is 9.78 Å². The molecule has 0 fully saturated rings. The summed E-state index contributed by atoms with van der Waals surface area (Å²) >= 11 is 1.25. The first kappa shape index (κ1) is 10.1. The lowest BCUT2D eigenvalue weighted by molar-refractivity contribution is 0.0702. The quantitative estimate of drug-likeness (QED) is 0.786. The maximum absolute atomic E-state index is 10.5. The van der Waals surface area contributed by atoms with Crippen molar-refractivity contribution < 1.29 is 9.90 Å². The van der Waals surface area contributed by atoms with Crippen molar-refractivity contribution in [2.45, 2.75) is 6.42 Å². The van der Waals surface area contributed by atoms with Gasteiger partial charge in [0.2, 0.25) is 0 Å². The highest BCUT2D eigenvalue weighted by Crippen LogP contribution is 2.13. The van der Waals surface area contributed by atoms with Gasteiger partial charge in [-0.05, 0) is 14.1 Å². The summed E-state index contributed by atoms with van der Waals surface area (Å²) in [5.74, 6) is -0.895. The van der Waals surface area contributed by atoms with Crippen LogP contribution in [0.3, 0.4) is 0 Å². The van der Waals surface area contributed by atoms with Gasteiger partial charge < -0.3 is 10.0 Å². The van der Waals surface area contributed by atoms with E-state index in [1.807, 2.05) is 19.0 Å². The summed E-state index contributed by atoms with van der Waals surface area (Å²) in [6.45, 7) is 0.895. The SMILES string of the molecule is CN(C)CCc1ncc(C(=O)O)s1. The molecule has 0 aromatic carbocycles. The van der Waals surface area contributed by atoms with Crippen LogP contribution in [0.5, 0.6) is 0 Å². The van der Waals surface area contributed by atoms with Crippen molar-refractivity contribution in [3.8, 4) is 0 Å². The van der Waals surface area contributed by atoms with E-state index in [0.717, 1.165) is 18.0 Å². The molecule has 0 saturated carbocycles. The number of aromatic nitrogens is 1. The van der Waals surface area contributed by atoms with Crippen molar-refractivity contribution in [1.82, 2.24) is 9.88 Å². The number of thiazole rings is 1. The average Bonchev–Trinajstić information content (AvgIpc) is 2.48. The van der Waals surface area contributed by atoms with E-state index in [1.165, 1.54) is 17.5 Å².